The molecule has 2 aliphatic rings. The Morgan fingerprint density at radius 1 is 0.857 bits per heavy atom. The number of carbonyl (C=O) groups excluding carboxylic acids is 3. The first-order chi connectivity index (χ1) is 13.6. The van der Waals surface area contributed by atoms with Gasteiger partial charge < -0.3 is 20.9 Å². The van der Waals surface area contributed by atoms with E-state index in [1.54, 1.807) is 0 Å². The molecule has 28 heavy (non-hydrogen) atoms. The second-order valence-electron chi connectivity index (χ2n) is 7.63. The predicted octanol–water partition coefficient (Wildman–Crippen LogP) is 2.18. The lowest BCUT2D eigenvalue weighted by atomic mass is 10.2. The molecule has 1 aliphatic carbocycles. The highest BCUT2D eigenvalue weighted by molar-refractivity contribution is 6.35. The van der Waals surface area contributed by atoms with Crippen molar-refractivity contribution >= 4 is 29.1 Å². The van der Waals surface area contributed by atoms with Gasteiger partial charge in [-0.15, -0.1) is 0 Å². The Kier molecular flexibility index (Phi) is 7.28. The molecular weight excluding hydrogens is 356 g/mol. The first kappa shape index (κ1) is 20.2. The molecule has 7 nitrogen and oxygen atoms in total. The first-order valence-electron chi connectivity index (χ1n) is 10.4. The van der Waals surface area contributed by atoms with Crippen molar-refractivity contribution in [3.05, 3.63) is 24.3 Å². The molecule has 1 aromatic carbocycles. The Morgan fingerprint density at radius 3 is 2.14 bits per heavy atom. The van der Waals surface area contributed by atoms with Crippen molar-refractivity contribution < 1.29 is 14.4 Å². The average Bonchev–Trinajstić information content (AvgIpc) is 3.06. The minimum Gasteiger partial charge on any atom is -0.372 e. The molecule has 1 saturated heterocycles. The summed E-state index contributed by atoms with van der Waals surface area (Å²) in [6.45, 7) is 1.91. The van der Waals surface area contributed by atoms with Crippen LogP contribution in [0.1, 0.15) is 51.4 Å². The standard InChI is InChI=1S/C21H30N4O3/c26-19(15-22-20(27)21(28)24-16-7-3-4-8-16)23-17-9-11-18(12-10-17)25-13-5-1-2-6-14-25/h9-12,16H,1-8,13-15H2,(H,22,27)(H,23,26)(H,24,28). The molecule has 3 amide bonds. The smallest absolute Gasteiger partial charge is 0.309 e. The Bertz CT molecular complexity index is 675. The zero-order valence-electron chi connectivity index (χ0n) is 16.3. The van der Waals surface area contributed by atoms with Gasteiger partial charge in [0.15, 0.2) is 0 Å². The second-order valence-corrected chi connectivity index (χ2v) is 7.63. The summed E-state index contributed by atoms with van der Waals surface area (Å²) in [6, 6.07) is 7.83. The molecule has 1 aromatic rings. The predicted molar refractivity (Wildman–Crippen MR) is 109 cm³/mol. The lowest BCUT2D eigenvalue weighted by Gasteiger charge is -2.22. The summed E-state index contributed by atoms with van der Waals surface area (Å²) >= 11 is 0. The van der Waals surface area contributed by atoms with E-state index in [9.17, 15) is 14.4 Å². The van der Waals surface area contributed by atoms with Crippen molar-refractivity contribution in [2.75, 3.05) is 29.9 Å². The maximum absolute atomic E-state index is 12.0. The summed E-state index contributed by atoms with van der Waals surface area (Å²) in [5.41, 5.74) is 1.84. The van der Waals surface area contributed by atoms with E-state index in [-0.39, 0.29) is 18.5 Å². The van der Waals surface area contributed by atoms with Gasteiger partial charge in [0.2, 0.25) is 5.91 Å². The minimum absolute atomic E-state index is 0.0785. The number of carbonyl (C=O) groups is 3. The Labute approximate surface area is 166 Å². The molecule has 1 aliphatic heterocycles. The highest BCUT2D eigenvalue weighted by Gasteiger charge is 2.21. The number of amides is 3. The SMILES string of the molecule is O=C(CNC(=O)C(=O)NC1CCCC1)Nc1ccc(N2CCCCCC2)cc1. The molecule has 2 fully saturated rings. The fourth-order valence-corrected chi connectivity index (χ4v) is 3.85. The maximum Gasteiger partial charge on any atom is 0.309 e. The van der Waals surface area contributed by atoms with Gasteiger partial charge in [0.1, 0.15) is 0 Å². The zero-order valence-corrected chi connectivity index (χ0v) is 16.3. The second kappa shape index (κ2) is 10.1. The molecule has 7 heteroatoms. The third-order valence-electron chi connectivity index (χ3n) is 5.43. The van der Waals surface area contributed by atoms with Crippen LogP contribution in [-0.2, 0) is 14.4 Å². The van der Waals surface area contributed by atoms with E-state index in [0.717, 1.165) is 44.5 Å². The molecule has 3 rings (SSSR count). The van der Waals surface area contributed by atoms with E-state index in [2.05, 4.69) is 20.9 Å². The molecular formula is C21H30N4O3. The van der Waals surface area contributed by atoms with Gasteiger partial charge in [-0.2, -0.15) is 0 Å². The van der Waals surface area contributed by atoms with E-state index in [0.29, 0.717) is 5.69 Å². The van der Waals surface area contributed by atoms with E-state index < -0.39 is 11.8 Å². The Balaban J connectivity index is 1.41. The van der Waals surface area contributed by atoms with Crippen LogP contribution in [0.5, 0.6) is 0 Å². The molecule has 1 heterocycles. The van der Waals surface area contributed by atoms with Gasteiger partial charge in [-0.05, 0) is 49.9 Å². The van der Waals surface area contributed by atoms with Gasteiger partial charge in [-0.1, -0.05) is 25.7 Å². The van der Waals surface area contributed by atoms with Crippen molar-refractivity contribution in [2.24, 2.45) is 0 Å². The quantitative estimate of drug-likeness (QED) is 0.677. The van der Waals surface area contributed by atoms with Crippen LogP contribution in [0.4, 0.5) is 11.4 Å². The van der Waals surface area contributed by atoms with Crippen LogP contribution >= 0.6 is 0 Å². The van der Waals surface area contributed by atoms with Crippen LogP contribution in [0.15, 0.2) is 24.3 Å². The van der Waals surface area contributed by atoms with E-state index in [1.165, 1.54) is 25.7 Å². The first-order valence-corrected chi connectivity index (χ1v) is 10.4. The van der Waals surface area contributed by atoms with Gasteiger partial charge in [0.25, 0.3) is 0 Å². The van der Waals surface area contributed by atoms with E-state index in [4.69, 9.17) is 0 Å². The summed E-state index contributed by atoms with van der Waals surface area (Å²) in [5.74, 6) is -1.79. The molecule has 152 valence electrons. The largest absolute Gasteiger partial charge is 0.372 e. The number of hydrogen-bond donors (Lipinski definition) is 3. The molecule has 0 spiro atoms. The highest BCUT2D eigenvalue weighted by Crippen LogP contribution is 2.21. The number of benzene rings is 1. The van der Waals surface area contributed by atoms with Crippen LogP contribution in [0.3, 0.4) is 0 Å². The van der Waals surface area contributed by atoms with Gasteiger partial charge >= 0.3 is 11.8 Å². The number of anilines is 2. The monoisotopic (exact) mass is 386 g/mol. The molecule has 0 unspecified atom stereocenters. The minimum atomic E-state index is -0.765. The highest BCUT2D eigenvalue weighted by atomic mass is 16.2. The van der Waals surface area contributed by atoms with Crippen molar-refractivity contribution in [2.45, 2.75) is 57.4 Å². The average molecular weight is 386 g/mol. The van der Waals surface area contributed by atoms with Crippen molar-refractivity contribution in [3.63, 3.8) is 0 Å². The van der Waals surface area contributed by atoms with E-state index in [1.807, 2.05) is 24.3 Å². The van der Waals surface area contributed by atoms with E-state index >= 15 is 0 Å². The van der Waals surface area contributed by atoms with Crippen LogP contribution in [0.25, 0.3) is 0 Å². The topological polar surface area (TPSA) is 90.5 Å². The molecule has 1 saturated carbocycles. The Morgan fingerprint density at radius 2 is 1.50 bits per heavy atom. The summed E-state index contributed by atoms with van der Waals surface area (Å²) < 4.78 is 0. The molecule has 3 N–H and O–H groups in total. The molecule has 0 aromatic heterocycles. The number of nitrogens with one attached hydrogen (secondary N) is 3. The number of nitrogens with zero attached hydrogens (tertiary/aromatic N) is 1. The fraction of sp³-hybridized carbons (Fsp3) is 0.571. The zero-order chi connectivity index (χ0) is 19.8. The third kappa shape index (κ3) is 5.97. The van der Waals surface area contributed by atoms with Crippen molar-refractivity contribution in [3.8, 4) is 0 Å². The molecule has 0 radical (unpaired) electrons. The normalized spacial score (nSPS) is 17.6. The number of rotatable bonds is 5. The number of hydrogen-bond acceptors (Lipinski definition) is 4. The Hall–Kier alpha value is -2.57. The van der Waals surface area contributed by atoms with Crippen LogP contribution in [-0.4, -0.2) is 43.4 Å². The lowest BCUT2D eigenvalue weighted by Crippen LogP contribution is -2.45. The van der Waals surface area contributed by atoms with Crippen LogP contribution < -0.4 is 20.9 Å². The molecule has 0 bridgehead atoms. The van der Waals surface area contributed by atoms with Gasteiger partial charge in [0, 0.05) is 30.5 Å². The van der Waals surface area contributed by atoms with Gasteiger partial charge in [-0.25, -0.2) is 0 Å². The molecule has 0 atom stereocenters. The van der Waals surface area contributed by atoms with Crippen LogP contribution in [0.2, 0.25) is 0 Å². The fourth-order valence-electron chi connectivity index (χ4n) is 3.85. The van der Waals surface area contributed by atoms with Crippen molar-refractivity contribution in [1.29, 1.82) is 0 Å². The maximum atomic E-state index is 12.0. The summed E-state index contributed by atoms with van der Waals surface area (Å²) in [7, 11) is 0. The van der Waals surface area contributed by atoms with Crippen molar-refractivity contribution in [1.82, 2.24) is 10.6 Å². The summed E-state index contributed by atoms with van der Waals surface area (Å²) in [6.07, 6.45) is 8.97. The summed E-state index contributed by atoms with van der Waals surface area (Å²) in [5, 5.41) is 7.83. The lowest BCUT2D eigenvalue weighted by molar-refractivity contribution is -0.140. The van der Waals surface area contributed by atoms with Gasteiger partial charge in [-0.3, -0.25) is 14.4 Å². The van der Waals surface area contributed by atoms with Gasteiger partial charge in [0.05, 0.1) is 6.54 Å². The third-order valence-corrected chi connectivity index (χ3v) is 5.43. The van der Waals surface area contributed by atoms with Crippen LogP contribution in [0, 0.1) is 0 Å². The summed E-state index contributed by atoms with van der Waals surface area (Å²) in [4.78, 5) is 38.1.